The highest BCUT2D eigenvalue weighted by Gasteiger charge is 2.38. The van der Waals surface area contributed by atoms with Crippen molar-refractivity contribution in [3.8, 4) is 17.2 Å². The minimum atomic E-state index is -5.08. The molecule has 0 saturated heterocycles. The number of carboxylic acids is 1. The molecule has 1 aliphatic carbocycles. The second-order valence-corrected chi connectivity index (χ2v) is 8.57. The van der Waals surface area contributed by atoms with Gasteiger partial charge in [-0.05, 0) is 30.0 Å². The maximum atomic E-state index is 13.7. The van der Waals surface area contributed by atoms with Crippen molar-refractivity contribution in [2.24, 2.45) is 12.8 Å². The first-order valence-corrected chi connectivity index (χ1v) is 11.0. The van der Waals surface area contributed by atoms with Gasteiger partial charge in [-0.1, -0.05) is 43.5 Å². The molecule has 1 aromatic heterocycles. The first-order chi connectivity index (χ1) is 16.8. The van der Waals surface area contributed by atoms with E-state index in [2.05, 4.69) is 11.4 Å². The summed E-state index contributed by atoms with van der Waals surface area (Å²) in [5, 5.41) is 19.4. The molecular formula is C24H26F4N4O4. The fourth-order valence-electron chi connectivity index (χ4n) is 3.74. The Morgan fingerprint density at radius 1 is 1.19 bits per heavy atom. The van der Waals surface area contributed by atoms with Crippen LogP contribution in [-0.2, 0) is 23.1 Å². The van der Waals surface area contributed by atoms with Gasteiger partial charge in [0.2, 0.25) is 5.91 Å². The van der Waals surface area contributed by atoms with Crippen LogP contribution in [0.2, 0.25) is 0 Å². The molecule has 1 aliphatic rings. The van der Waals surface area contributed by atoms with Crippen LogP contribution in [0.15, 0.2) is 41.3 Å². The third-order valence-corrected chi connectivity index (χ3v) is 5.77. The molecular weight excluding hydrogens is 484 g/mol. The van der Waals surface area contributed by atoms with E-state index in [1.807, 2.05) is 12.1 Å². The molecule has 0 aliphatic heterocycles. The van der Waals surface area contributed by atoms with E-state index in [0.29, 0.717) is 24.8 Å². The minimum absolute atomic E-state index is 0.263. The molecule has 0 bridgehead atoms. The van der Waals surface area contributed by atoms with Gasteiger partial charge in [-0.15, -0.1) is 0 Å². The maximum absolute atomic E-state index is 13.7. The summed E-state index contributed by atoms with van der Waals surface area (Å²) in [5.41, 5.74) is 6.89. The molecule has 8 nitrogen and oxygen atoms in total. The number of pyridine rings is 1. The number of amides is 1. The molecule has 1 saturated carbocycles. The van der Waals surface area contributed by atoms with Crippen molar-refractivity contribution >= 4 is 11.9 Å². The van der Waals surface area contributed by atoms with Crippen LogP contribution >= 0.6 is 0 Å². The number of aromatic nitrogens is 1. The summed E-state index contributed by atoms with van der Waals surface area (Å²) in [7, 11) is 1.50. The number of nitrogens with two attached hydrogens (primary N) is 1. The maximum Gasteiger partial charge on any atom is 0.490 e. The van der Waals surface area contributed by atoms with Crippen LogP contribution < -0.4 is 16.6 Å². The number of carboxylic acid groups (broad SMARTS) is 1. The lowest BCUT2D eigenvalue weighted by Crippen LogP contribution is -2.57. The largest absolute Gasteiger partial charge is 0.490 e. The van der Waals surface area contributed by atoms with E-state index in [1.165, 1.54) is 17.7 Å². The predicted octanol–water partition coefficient (Wildman–Crippen LogP) is 3.04. The molecule has 3 rings (SSSR count). The average Bonchev–Trinajstić information content (AvgIpc) is 2.82. The van der Waals surface area contributed by atoms with Crippen LogP contribution in [0.1, 0.15) is 37.7 Å². The number of benzene rings is 1. The molecule has 12 heteroatoms. The monoisotopic (exact) mass is 510 g/mol. The zero-order valence-electron chi connectivity index (χ0n) is 19.4. The summed E-state index contributed by atoms with van der Waals surface area (Å²) in [6.45, 7) is 0. The first-order valence-electron chi connectivity index (χ1n) is 11.0. The van der Waals surface area contributed by atoms with E-state index in [1.54, 1.807) is 18.3 Å². The Morgan fingerprint density at radius 2 is 1.75 bits per heavy atom. The van der Waals surface area contributed by atoms with E-state index in [0.717, 1.165) is 30.4 Å². The highest BCUT2D eigenvalue weighted by atomic mass is 19.4. The van der Waals surface area contributed by atoms with Crippen molar-refractivity contribution in [3.05, 3.63) is 58.3 Å². The Hall–Kier alpha value is -3.72. The SMILES string of the molecule is Cn1cc(-c2ccc(C[C@@H](C#N)NC(=O)C3(N)CCCCC3)cc2)cc(F)c1=O.O=C(O)C(F)(F)F. The molecule has 194 valence electrons. The third-order valence-electron chi connectivity index (χ3n) is 5.77. The molecule has 0 spiro atoms. The number of aliphatic carboxylic acids is 1. The number of nitrogens with zero attached hydrogens (tertiary/aromatic N) is 2. The zero-order valence-corrected chi connectivity index (χ0v) is 19.4. The van der Waals surface area contributed by atoms with Gasteiger partial charge in [-0.25, -0.2) is 9.18 Å². The van der Waals surface area contributed by atoms with Crippen LogP contribution in [0.4, 0.5) is 17.6 Å². The number of alkyl halides is 3. The molecule has 36 heavy (non-hydrogen) atoms. The van der Waals surface area contributed by atoms with Gasteiger partial charge in [-0.2, -0.15) is 18.4 Å². The highest BCUT2D eigenvalue weighted by molar-refractivity contribution is 5.86. The van der Waals surface area contributed by atoms with Gasteiger partial charge in [0.25, 0.3) is 5.56 Å². The number of halogens is 4. The lowest BCUT2D eigenvalue weighted by Gasteiger charge is -2.32. The van der Waals surface area contributed by atoms with E-state index in [4.69, 9.17) is 15.6 Å². The third kappa shape index (κ3) is 7.64. The number of aryl methyl sites for hydroxylation is 1. The summed E-state index contributed by atoms with van der Waals surface area (Å²) in [6.07, 6.45) is 1.05. The molecule has 1 amide bonds. The summed E-state index contributed by atoms with van der Waals surface area (Å²) in [5.74, 6) is -3.83. The second-order valence-electron chi connectivity index (χ2n) is 8.57. The quantitative estimate of drug-likeness (QED) is 0.529. The molecule has 2 aromatic rings. The van der Waals surface area contributed by atoms with E-state index in [9.17, 15) is 32.4 Å². The average molecular weight is 510 g/mol. The van der Waals surface area contributed by atoms with Crippen LogP contribution in [0, 0.1) is 17.1 Å². The number of hydrogen-bond acceptors (Lipinski definition) is 5. The smallest absolute Gasteiger partial charge is 0.475 e. The topological polar surface area (TPSA) is 138 Å². The fourth-order valence-corrected chi connectivity index (χ4v) is 3.74. The molecule has 1 heterocycles. The normalized spacial score (nSPS) is 15.6. The first kappa shape index (κ1) is 28.5. The van der Waals surface area contributed by atoms with E-state index >= 15 is 0 Å². The summed E-state index contributed by atoms with van der Waals surface area (Å²) >= 11 is 0. The number of rotatable bonds is 5. The summed E-state index contributed by atoms with van der Waals surface area (Å²) < 4.78 is 46.6. The van der Waals surface area contributed by atoms with Crippen LogP contribution in [-0.4, -0.2) is 39.3 Å². The van der Waals surface area contributed by atoms with Gasteiger partial charge >= 0.3 is 12.1 Å². The Balaban J connectivity index is 0.000000572. The lowest BCUT2D eigenvalue weighted by atomic mass is 9.81. The Morgan fingerprint density at radius 3 is 2.22 bits per heavy atom. The van der Waals surface area contributed by atoms with Crippen molar-refractivity contribution in [1.82, 2.24) is 9.88 Å². The zero-order chi connectivity index (χ0) is 27.1. The van der Waals surface area contributed by atoms with Gasteiger partial charge in [0.1, 0.15) is 6.04 Å². The van der Waals surface area contributed by atoms with E-state index in [-0.39, 0.29) is 5.91 Å². The highest BCUT2D eigenvalue weighted by Crippen LogP contribution is 2.26. The van der Waals surface area contributed by atoms with Crippen molar-refractivity contribution in [2.45, 2.75) is 56.3 Å². The predicted molar refractivity (Wildman–Crippen MR) is 122 cm³/mol. The van der Waals surface area contributed by atoms with Gasteiger partial charge in [0.05, 0.1) is 11.6 Å². The van der Waals surface area contributed by atoms with Gasteiger partial charge < -0.3 is 20.7 Å². The Bertz CT molecular complexity index is 1150. The lowest BCUT2D eigenvalue weighted by molar-refractivity contribution is -0.192. The van der Waals surface area contributed by atoms with Crippen LogP contribution in [0.25, 0.3) is 11.1 Å². The van der Waals surface area contributed by atoms with Crippen molar-refractivity contribution < 1.29 is 32.3 Å². The second kappa shape index (κ2) is 11.8. The molecule has 1 fully saturated rings. The summed E-state index contributed by atoms with van der Waals surface area (Å²) in [4.78, 5) is 33.0. The molecule has 1 atom stereocenters. The standard InChI is InChI=1S/C22H25FN4O2.C2HF3O2/c1-27-14-17(12-19(23)20(27)28)16-7-5-15(6-8-16)11-18(13-24)26-21(29)22(25)9-3-2-4-10-22;3-2(4,5)1(6)7/h5-8,12,14,18H,2-4,9-11,25H2,1H3,(H,26,29);(H,6,7)/t18-;/m0./s1. The van der Waals surface area contributed by atoms with Crippen molar-refractivity contribution in [2.75, 3.05) is 0 Å². The fraction of sp³-hybridized carbons (Fsp3) is 0.417. The molecule has 0 unspecified atom stereocenters. The Kier molecular flexibility index (Phi) is 9.35. The Labute approximate surface area is 204 Å². The molecule has 4 N–H and O–H groups in total. The number of nitrogens with one attached hydrogen (secondary N) is 1. The van der Waals surface area contributed by atoms with Crippen LogP contribution in [0.5, 0.6) is 0 Å². The minimum Gasteiger partial charge on any atom is -0.475 e. The number of hydrogen-bond donors (Lipinski definition) is 3. The number of carbonyl (C=O) groups excluding carboxylic acids is 1. The molecule has 1 aromatic carbocycles. The number of carbonyl (C=O) groups is 2. The number of nitriles is 1. The van der Waals surface area contributed by atoms with Crippen molar-refractivity contribution in [3.63, 3.8) is 0 Å². The van der Waals surface area contributed by atoms with E-state index < -0.39 is 35.1 Å². The van der Waals surface area contributed by atoms with Gasteiger partial charge in [0, 0.05) is 25.2 Å². The summed E-state index contributed by atoms with van der Waals surface area (Å²) in [6, 6.07) is 9.92. The van der Waals surface area contributed by atoms with Crippen molar-refractivity contribution in [1.29, 1.82) is 5.26 Å². The van der Waals surface area contributed by atoms with Crippen LogP contribution in [0.3, 0.4) is 0 Å². The molecule has 0 radical (unpaired) electrons. The van der Waals surface area contributed by atoms with Gasteiger partial charge in [0.15, 0.2) is 5.82 Å². The van der Waals surface area contributed by atoms with Gasteiger partial charge in [-0.3, -0.25) is 9.59 Å².